The molecule has 0 spiro atoms. The van der Waals surface area contributed by atoms with E-state index in [0.29, 0.717) is 19.7 Å². The molecule has 3 rings (SSSR count). The second kappa shape index (κ2) is 8.84. The molecule has 2 heterocycles. The van der Waals surface area contributed by atoms with E-state index >= 15 is 0 Å². The highest BCUT2D eigenvalue weighted by Gasteiger charge is 2.33. The van der Waals surface area contributed by atoms with E-state index in [0.717, 1.165) is 24.4 Å². The molecule has 0 saturated carbocycles. The van der Waals surface area contributed by atoms with Crippen LogP contribution in [0.3, 0.4) is 0 Å². The number of alkyl halides is 3. The maximum Gasteiger partial charge on any atom is 0.433 e. The highest BCUT2D eigenvalue weighted by molar-refractivity contribution is 5.33. The first-order chi connectivity index (χ1) is 13.0. The number of hydrogen-bond acceptors (Lipinski definition) is 5. The number of halogens is 3. The van der Waals surface area contributed by atoms with Gasteiger partial charge in [-0.2, -0.15) is 18.2 Å². The lowest BCUT2D eigenvalue weighted by atomic mass is 10.2. The topological polar surface area (TPSA) is 47.5 Å². The smallest absolute Gasteiger partial charge is 0.433 e. The summed E-state index contributed by atoms with van der Waals surface area (Å²) >= 11 is 0. The summed E-state index contributed by atoms with van der Waals surface area (Å²) in [6.07, 6.45) is -3.79. The third-order valence-electron chi connectivity index (χ3n) is 3.85. The molecular formula is C19H18F3N3O2. The molecule has 1 aliphatic rings. The molecule has 0 radical (unpaired) electrons. The number of rotatable bonds is 4. The van der Waals surface area contributed by atoms with Crippen LogP contribution in [-0.2, 0) is 10.9 Å². The Bertz CT molecular complexity index is 803. The van der Waals surface area contributed by atoms with Crippen LogP contribution in [0.15, 0.2) is 42.6 Å². The molecule has 0 N–H and O–H groups in total. The van der Waals surface area contributed by atoms with Crippen LogP contribution >= 0.6 is 0 Å². The van der Waals surface area contributed by atoms with Gasteiger partial charge in [-0.1, -0.05) is 30.0 Å². The number of aromatic nitrogens is 2. The Kier molecular flexibility index (Phi) is 6.27. The van der Waals surface area contributed by atoms with Crippen LogP contribution in [0.1, 0.15) is 11.3 Å². The SMILES string of the molecule is FC(F)(F)c1ccnc(OCC2CN(CC#Cc3ccccc3)CCO2)n1. The molecule has 27 heavy (non-hydrogen) atoms. The largest absolute Gasteiger partial charge is 0.461 e. The molecule has 1 fully saturated rings. The summed E-state index contributed by atoms with van der Waals surface area (Å²) in [5.74, 6) is 6.21. The molecule has 0 bridgehead atoms. The number of morpholine rings is 1. The van der Waals surface area contributed by atoms with Crippen molar-refractivity contribution in [3.8, 4) is 17.9 Å². The van der Waals surface area contributed by atoms with Gasteiger partial charge in [0, 0.05) is 24.8 Å². The Hall–Kier alpha value is -2.63. The van der Waals surface area contributed by atoms with E-state index in [2.05, 4.69) is 26.7 Å². The Morgan fingerprint density at radius 2 is 2.04 bits per heavy atom. The minimum absolute atomic E-state index is 0.0733. The van der Waals surface area contributed by atoms with E-state index < -0.39 is 11.9 Å². The van der Waals surface area contributed by atoms with Gasteiger partial charge in [-0.15, -0.1) is 0 Å². The van der Waals surface area contributed by atoms with Crippen molar-refractivity contribution in [3.05, 3.63) is 53.9 Å². The van der Waals surface area contributed by atoms with E-state index in [1.165, 1.54) is 0 Å². The zero-order chi connectivity index (χ0) is 19.1. The lowest BCUT2D eigenvalue weighted by molar-refractivity contribution is -0.141. The Balaban J connectivity index is 1.49. The Morgan fingerprint density at radius 3 is 2.81 bits per heavy atom. The van der Waals surface area contributed by atoms with Crippen molar-refractivity contribution in [1.82, 2.24) is 14.9 Å². The van der Waals surface area contributed by atoms with Crippen LogP contribution in [0.25, 0.3) is 0 Å². The van der Waals surface area contributed by atoms with Gasteiger partial charge in [-0.25, -0.2) is 4.98 Å². The predicted molar refractivity (Wildman–Crippen MR) is 92.0 cm³/mol. The molecule has 1 aromatic heterocycles. The molecule has 2 aromatic rings. The minimum Gasteiger partial charge on any atom is -0.461 e. The zero-order valence-electron chi connectivity index (χ0n) is 14.4. The molecular weight excluding hydrogens is 359 g/mol. The average molecular weight is 377 g/mol. The van der Waals surface area contributed by atoms with Crippen molar-refractivity contribution in [2.75, 3.05) is 32.8 Å². The molecule has 8 heteroatoms. The third kappa shape index (κ3) is 5.94. The monoisotopic (exact) mass is 377 g/mol. The fourth-order valence-electron chi connectivity index (χ4n) is 2.54. The summed E-state index contributed by atoms with van der Waals surface area (Å²) in [6.45, 7) is 2.46. The van der Waals surface area contributed by atoms with Gasteiger partial charge >= 0.3 is 12.2 Å². The average Bonchev–Trinajstić information content (AvgIpc) is 2.67. The van der Waals surface area contributed by atoms with Gasteiger partial charge in [0.2, 0.25) is 0 Å². The van der Waals surface area contributed by atoms with Crippen molar-refractivity contribution in [1.29, 1.82) is 0 Å². The quantitative estimate of drug-likeness (QED) is 0.767. The van der Waals surface area contributed by atoms with Crippen LogP contribution in [0.2, 0.25) is 0 Å². The van der Waals surface area contributed by atoms with Crippen LogP contribution in [-0.4, -0.2) is 53.8 Å². The first-order valence-electron chi connectivity index (χ1n) is 8.41. The van der Waals surface area contributed by atoms with Gasteiger partial charge in [-0.05, 0) is 18.2 Å². The summed E-state index contributed by atoms with van der Waals surface area (Å²) in [7, 11) is 0. The maximum atomic E-state index is 12.7. The third-order valence-corrected chi connectivity index (χ3v) is 3.85. The van der Waals surface area contributed by atoms with E-state index in [1.807, 2.05) is 30.3 Å². The second-order valence-corrected chi connectivity index (χ2v) is 5.93. The maximum absolute atomic E-state index is 12.7. The number of ether oxygens (including phenoxy) is 2. The molecule has 1 atom stereocenters. The van der Waals surface area contributed by atoms with Gasteiger partial charge in [-0.3, -0.25) is 4.90 Å². The van der Waals surface area contributed by atoms with Crippen molar-refractivity contribution in [2.45, 2.75) is 12.3 Å². The van der Waals surface area contributed by atoms with E-state index in [-0.39, 0.29) is 18.7 Å². The van der Waals surface area contributed by atoms with E-state index in [9.17, 15) is 13.2 Å². The highest BCUT2D eigenvalue weighted by atomic mass is 19.4. The predicted octanol–water partition coefficient (Wildman–Crippen LogP) is 2.63. The van der Waals surface area contributed by atoms with Crippen molar-refractivity contribution >= 4 is 0 Å². The molecule has 1 saturated heterocycles. The second-order valence-electron chi connectivity index (χ2n) is 5.93. The fraction of sp³-hybridized carbons (Fsp3) is 0.368. The molecule has 1 aromatic carbocycles. The van der Waals surface area contributed by atoms with Crippen LogP contribution in [0.4, 0.5) is 13.2 Å². The normalized spacial score (nSPS) is 17.8. The fourth-order valence-corrected chi connectivity index (χ4v) is 2.54. The minimum atomic E-state index is -4.53. The lowest BCUT2D eigenvalue weighted by Crippen LogP contribution is -2.45. The summed E-state index contributed by atoms with van der Waals surface area (Å²) in [4.78, 5) is 9.21. The van der Waals surface area contributed by atoms with Crippen LogP contribution in [0, 0.1) is 11.8 Å². The molecule has 142 valence electrons. The van der Waals surface area contributed by atoms with Crippen molar-refractivity contribution in [2.24, 2.45) is 0 Å². The Labute approximate surface area is 155 Å². The van der Waals surface area contributed by atoms with Gasteiger partial charge in [0.05, 0.1) is 13.2 Å². The number of hydrogen-bond donors (Lipinski definition) is 0. The molecule has 5 nitrogen and oxygen atoms in total. The molecule has 1 aliphatic heterocycles. The number of benzene rings is 1. The summed E-state index contributed by atoms with van der Waals surface area (Å²) in [5, 5.41) is 0. The standard InChI is InChI=1S/C19H18F3N3O2/c20-19(21,22)17-8-9-23-18(24-17)27-14-16-13-25(11-12-26-16)10-4-7-15-5-2-1-3-6-15/h1-3,5-6,8-9,16H,10-14H2. The first-order valence-corrected chi connectivity index (χ1v) is 8.41. The van der Waals surface area contributed by atoms with Gasteiger partial charge < -0.3 is 9.47 Å². The Morgan fingerprint density at radius 1 is 1.22 bits per heavy atom. The molecule has 1 unspecified atom stereocenters. The van der Waals surface area contributed by atoms with Gasteiger partial charge in [0.15, 0.2) is 5.69 Å². The molecule has 0 amide bonds. The summed E-state index contributed by atoms with van der Waals surface area (Å²) < 4.78 is 48.9. The van der Waals surface area contributed by atoms with Crippen molar-refractivity contribution in [3.63, 3.8) is 0 Å². The summed E-state index contributed by atoms with van der Waals surface area (Å²) in [5.41, 5.74) is -0.0813. The van der Waals surface area contributed by atoms with Gasteiger partial charge in [0.1, 0.15) is 12.7 Å². The van der Waals surface area contributed by atoms with Gasteiger partial charge in [0.25, 0.3) is 0 Å². The zero-order valence-corrected chi connectivity index (χ0v) is 14.4. The van der Waals surface area contributed by atoms with E-state index in [1.54, 1.807) is 0 Å². The number of nitrogens with zero attached hydrogens (tertiary/aromatic N) is 3. The van der Waals surface area contributed by atoms with Crippen molar-refractivity contribution < 1.29 is 22.6 Å². The first kappa shape index (κ1) is 19.1. The lowest BCUT2D eigenvalue weighted by Gasteiger charge is -2.31. The highest BCUT2D eigenvalue weighted by Crippen LogP contribution is 2.27. The molecule has 0 aliphatic carbocycles. The van der Waals surface area contributed by atoms with Crippen LogP contribution < -0.4 is 4.74 Å². The van der Waals surface area contributed by atoms with E-state index in [4.69, 9.17) is 9.47 Å². The summed E-state index contributed by atoms with van der Waals surface area (Å²) in [6, 6.07) is 10.2. The van der Waals surface area contributed by atoms with Crippen LogP contribution in [0.5, 0.6) is 6.01 Å².